The van der Waals surface area contributed by atoms with Gasteiger partial charge >= 0.3 is 5.97 Å². The van der Waals surface area contributed by atoms with Crippen LogP contribution >= 0.6 is 0 Å². The van der Waals surface area contributed by atoms with E-state index in [1.807, 2.05) is 6.92 Å². The molecule has 1 rings (SSSR count). The summed E-state index contributed by atoms with van der Waals surface area (Å²) in [5, 5.41) is 0. The molecule has 64 valence electrons. The second-order valence-electron chi connectivity index (χ2n) is 3.20. The highest BCUT2D eigenvalue weighted by Gasteiger charge is 2.30. The van der Waals surface area contributed by atoms with Crippen LogP contribution < -0.4 is 0 Å². The maximum Gasteiger partial charge on any atom is 0.303 e. The first kappa shape index (κ1) is 8.53. The molecular formula is C8H14O3. The van der Waals surface area contributed by atoms with E-state index in [4.69, 9.17) is 9.47 Å². The normalized spacial score (nSPS) is 31.5. The largest absolute Gasteiger partial charge is 0.457 e. The van der Waals surface area contributed by atoms with E-state index in [9.17, 15) is 4.79 Å². The molecule has 0 aromatic carbocycles. The van der Waals surface area contributed by atoms with Gasteiger partial charge in [-0.15, -0.1) is 0 Å². The van der Waals surface area contributed by atoms with E-state index >= 15 is 0 Å². The molecule has 0 bridgehead atoms. The fraction of sp³-hybridized carbons (Fsp3) is 0.875. The summed E-state index contributed by atoms with van der Waals surface area (Å²) in [5.74, 6) is -0.224. The van der Waals surface area contributed by atoms with Gasteiger partial charge in [0.1, 0.15) is 5.60 Å². The molecule has 1 fully saturated rings. The van der Waals surface area contributed by atoms with Crippen molar-refractivity contribution in [3.05, 3.63) is 0 Å². The maximum atomic E-state index is 10.6. The predicted octanol–water partition coefficient (Wildman–Crippen LogP) is 1.12. The minimum Gasteiger partial charge on any atom is -0.457 e. The van der Waals surface area contributed by atoms with Crippen molar-refractivity contribution in [2.45, 2.75) is 32.3 Å². The first-order valence-electron chi connectivity index (χ1n) is 3.90. The molecule has 1 heterocycles. The van der Waals surface area contributed by atoms with Crippen LogP contribution in [-0.4, -0.2) is 24.8 Å². The smallest absolute Gasteiger partial charge is 0.303 e. The lowest BCUT2D eigenvalue weighted by molar-refractivity contribution is -0.168. The molecule has 3 heteroatoms. The molecule has 3 nitrogen and oxygen atoms in total. The highest BCUT2D eigenvalue weighted by molar-refractivity contribution is 5.66. The summed E-state index contributed by atoms with van der Waals surface area (Å²) in [5.41, 5.74) is -0.371. The minimum atomic E-state index is -0.371. The van der Waals surface area contributed by atoms with Gasteiger partial charge in [0.25, 0.3) is 0 Å². The number of rotatable bonds is 1. The molecule has 1 aliphatic heterocycles. The number of carbonyl (C=O) groups is 1. The Bertz CT molecular complexity index is 147. The van der Waals surface area contributed by atoms with Crippen LogP contribution in [0.15, 0.2) is 0 Å². The monoisotopic (exact) mass is 158 g/mol. The lowest BCUT2D eigenvalue weighted by Gasteiger charge is -2.32. The second kappa shape index (κ2) is 3.22. The topological polar surface area (TPSA) is 35.5 Å². The zero-order valence-corrected chi connectivity index (χ0v) is 7.05. The van der Waals surface area contributed by atoms with Crippen molar-refractivity contribution >= 4 is 5.97 Å². The molecular weight excluding hydrogens is 144 g/mol. The summed E-state index contributed by atoms with van der Waals surface area (Å²) in [7, 11) is 0. The Labute approximate surface area is 66.7 Å². The average molecular weight is 158 g/mol. The molecule has 0 radical (unpaired) electrons. The Morgan fingerprint density at radius 3 is 2.82 bits per heavy atom. The highest BCUT2D eigenvalue weighted by atomic mass is 16.6. The lowest BCUT2D eigenvalue weighted by Crippen LogP contribution is -2.39. The fourth-order valence-electron chi connectivity index (χ4n) is 1.34. The number of hydrogen-bond donors (Lipinski definition) is 0. The molecule has 0 amide bonds. The minimum absolute atomic E-state index is 0.224. The van der Waals surface area contributed by atoms with E-state index in [1.165, 1.54) is 6.92 Å². The van der Waals surface area contributed by atoms with E-state index in [2.05, 4.69) is 0 Å². The maximum absolute atomic E-state index is 10.6. The molecule has 0 aromatic heterocycles. The van der Waals surface area contributed by atoms with Crippen molar-refractivity contribution < 1.29 is 14.3 Å². The van der Waals surface area contributed by atoms with Crippen molar-refractivity contribution in [1.82, 2.24) is 0 Å². The van der Waals surface area contributed by atoms with Gasteiger partial charge in [-0.3, -0.25) is 4.79 Å². The number of carbonyl (C=O) groups excluding carboxylic acids is 1. The second-order valence-corrected chi connectivity index (χ2v) is 3.20. The van der Waals surface area contributed by atoms with Gasteiger partial charge in [0.05, 0.1) is 6.61 Å². The van der Waals surface area contributed by atoms with Crippen LogP contribution in [-0.2, 0) is 14.3 Å². The Kier molecular flexibility index (Phi) is 2.49. The molecule has 11 heavy (non-hydrogen) atoms. The summed E-state index contributed by atoms with van der Waals surface area (Å²) in [6.07, 6.45) is 1.89. The van der Waals surface area contributed by atoms with Crippen LogP contribution in [0.4, 0.5) is 0 Å². The van der Waals surface area contributed by atoms with E-state index in [-0.39, 0.29) is 11.6 Å². The van der Waals surface area contributed by atoms with Crippen LogP contribution in [0.2, 0.25) is 0 Å². The third kappa shape index (κ3) is 2.50. The van der Waals surface area contributed by atoms with Crippen molar-refractivity contribution in [3.8, 4) is 0 Å². The fourth-order valence-corrected chi connectivity index (χ4v) is 1.34. The Balaban J connectivity index is 2.43. The van der Waals surface area contributed by atoms with Crippen LogP contribution in [0.3, 0.4) is 0 Å². The molecule has 0 aromatic rings. The van der Waals surface area contributed by atoms with E-state index in [0.717, 1.165) is 19.4 Å². The molecule has 0 spiro atoms. The van der Waals surface area contributed by atoms with Gasteiger partial charge in [-0.1, -0.05) is 0 Å². The van der Waals surface area contributed by atoms with E-state index < -0.39 is 0 Å². The zero-order valence-electron chi connectivity index (χ0n) is 7.05. The van der Waals surface area contributed by atoms with Crippen LogP contribution in [0.1, 0.15) is 26.7 Å². The first-order chi connectivity index (χ1) is 5.12. The number of ether oxygens (including phenoxy) is 2. The van der Waals surface area contributed by atoms with Crippen LogP contribution in [0, 0.1) is 0 Å². The summed E-state index contributed by atoms with van der Waals surface area (Å²) in [4.78, 5) is 10.6. The zero-order chi connectivity index (χ0) is 8.32. The summed E-state index contributed by atoms with van der Waals surface area (Å²) < 4.78 is 10.3. The standard InChI is InChI=1S/C8H14O3/c1-7(9)11-8(2)4-3-5-10-6-8/h3-6H2,1-2H3. The molecule has 0 N–H and O–H groups in total. The molecule has 0 aliphatic carbocycles. The average Bonchev–Trinajstić information content (AvgIpc) is 1.85. The Hall–Kier alpha value is -0.570. The van der Waals surface area contributed by atoms with Gasteiger partial charge in [0.2, 0.25) is 0 Å². The lowest BCUT2D eigenvalue weighted by atomic mass is 9.99. The Morgan fingerprint density at radius 1 is 1.64 bits per heavy atom. The molecule has 0 saturated carbocycles. The number of esters is 1. The molecule has 1 aliphatic rings. The third-order valence-electron chi connectivity index (χ3n) is 1.79. The van der Waals surface area contributed by atoms with Crippen molar-refractivity contribution in [3.63, 3.8) is 0 Å². The number of hydrogen-bond acceptors (Lipinski definition) is 3. The van der Waals surface area contributed by atoms with Gasteiger partial charge < -0.3 is 9.47 Å². The van der Waals surface area contributed by atoms with Gasteiger partial charge in [0, 0.05) is 13.5 Å². The van der Waals surface area contributed by atoms with Crippen molar-refractivity contribution in [2.24, 2.45) is 0 Å². The summed E-state index contributed by atoms with van der Waals surface area (Å²) in [6.45, 7) is 4.66. The van der Waals surface area contributed by atoms with Crippen LogP contribution in [0.25, 0.3) is 0 Å². The molecule has 1 saturated heterocycles. The van der Waals surface area contributed by atoms with Crippen molar-refractivity contribution in [1.29, 1.82) is 0 Å². The summed E-state index contributed by atoms with van der Waals surface area (Å²) in [6, 6.07) is 0. The molecule has 1 atom stereocenters. The predicted molar refractivity (Wildman–Crippen MR) is 40.2 cm³/mol. The molecule has 1 unspecified atom stereocenters. The van der Waals surface area contributed by atoms with Gasteiger partial charge in [-0.05, 0) is 19.8 Å². The van der Waals surface area contributed by atoms with E-state index in [0.29, 0.717) is 6.61 Å². The van der Waals surface area contributed by atoms with Crippen LogP contribution in [0.5, 0.6) is 0 Å². The quantitative estimate of drug-likeness (QED) is 0.536. The van der Waals surface area contributed by atoms with Gasteiger partial charge in [0.15, 0.2) is 0 Å². The van der Waals surface area contributed by atoms with Crippen molar-refractivity contribution in [2.75, 3.05) is 13.2 Å². The third-order valence-corrected chi connectivity index (χ3v) is 1.79. The van der Waals surface area contributed by atoms with Gasteiger partial charge in [-0.25, -0.2) is 0 Å². The highest BCUT2D eigenvalue weighted by Crippen LogP contribution is 2.22. The Morgan fingerprint density at radius 2 is 2.36 bits per heavy atom. The van der Waals surface area contributed by atoms with Gasteiger partial charge in [-0.2, -0.15) is 0 Å². The SMILES string of the molecule is CC(=O)OC1(C)CCCOC1. The first-order valence-corrected chi connectivity index (χ1v) is 3.90. The van der Waals surface area contributed by atoms with E-state index in [1.54, 1.807) is 0 Å². The summed E-state index contributed by atoms with van der Waals surface area (Å²) >= 11 is 0.